The van der Waals surface area contributed by atoms with Crippen molar-refractivity contribution in [2.45, 2.75) is 0 Å². The first kappa shape index (κ1) is 9.15. The van der Waals surface area contributed by atoms with Crippen LogP contribution in [0.3, 0.4) is 0 Å². The number of nitrogens with one attached hydrogen (secondary N) is 1. The van der Waals surface area contributed by atoms with E-state index >= 15 is 0 Å². The van der Waals surface area contributed by atoms with Gasteiger partial charge in [0, 0.05) is 12.2 Å². The van der Waals surface area contributed by atoms with Crippen LogP contribution in [0.15, 0.2) is 12.2 Å². The van der Waals surface area contributed by atoms with Crippen LogP contribution in [0.5, 0.6) is 0 Å². The molecule has 0 aliphatic rings. The molecule has 0 aromatic heterocycles. The van der Waals surface area contributed by atoms with Gasteiger partial charge >= 0.3 is 12.0 Å². The molecule has 0 fully saturated rings. The lowest BCUT2D eigenvalue weighted by Gasteiger charge is -1.91. The Balaban J connectivity index is 3.88. The van der Waals surface area contributed by atoms with Gasteiger partial charge in [0.1, 0.15) is 0 Å². The van der Waals surface area contributed by atoms with Crippen LogP contribution in [0.2, 0.25) is 0 Å². The SMILES string of the molecule is NC(=O)NC(=O)C=CC(=O)O. The number of carbonyl (C=O) groups is 3. The van der Waals surface area contributed by atoms with Crippen LogP contribution in [0.25, 0.3) is 0 Å². The minimum absolute atomic E-state index is 0.596. The Morgan fingerprint density at radius 1 is 1.27 bits per heavy atom. The molecule has 0 saturated heterocycles. The average Bonchev–Trinajstić information content (AvgIpc) is 1.82. The second kappa shape index (κ2) is 4.04. The number of urea groups is 1. The Kier molecular flexibility index (Phi) is 3.36. The molecule has 6 nitrogen and oxygen atoms in total. The first-order chi connectivity index (χ1) is 5.02. The summed E-state index contributed by atoms with van der Waals surface area (Å²) in [6.45, 7) is 0. The monoisotopic (exact) mass is 158 g/mol. The van der Waals surface area contributed by atoms with Crippen LogP contribution in [0, 0.1) is 0 Å². The molecule has 4 N–H and O–H groups in total. The second-order valence-electron chi connectivity index (χ2n) is 1.53. The minimum atomic E-state index is -1.27. The molecule has 0 saturated carbocycles. The van der Waals surface area contributed by atoms with Crippen molar-refractivity contribution in [3.05, 3.63) is 12.2 Å². The fourth-order valence-corrected chi connectivity index (χ4v) is 0.310. The minimum Gasteiger partial charge on any atom is -0.478 e. The number of hydrogen-bond donors (Lipinski definition) is 3. The average molecular weight is 158 g/mol. The lowest BCUT2D eigenvalue weighted by Crippen LogP contribution is -2.33. The number of carboxylic acids is 1. The standard InChI is InChI=1S/C5H6N2O4/c6-5(11)7-3(8)1-2-4(9)10/h1-2H,(H,9,10)(H3,6,7,8,11). The third-order valence-electron chi connectivity index (χ3n) is 0.624. The number of nitrogens with two attached hydrogens (primary N) is 1. The summed E-state index contributed by atoms with van der Waals surface area (Å²) in [4.78, 5) is 30.2. The number of imide groups is 1. The first-order valence-corrected chi connectivity index (χ1v) is 2.54. The maximum Gasteiger partial charge on any atom is 0.328 e. The van der Waals surface area contributed by atoms with E-state index in [4.69, 9.17) is 5.11 Å². The normalized spacial score (nSPS) is 9.45. The van der Waals surface area contributed by atoms with Crippen molar-refractivity contribution in [3.8, 4) is 0 Å². The number of amides is 3. The Labute approximate surface area is 61.7 Å². The van der Waals surface area contributed by atoms with Crippen LogP contribution >= 0.6 is 0 Å². The van der Waals surface area contributed by atoms with Gasteiger partial charge in [-0.25, -0.2) is 9.59 Å². The molecule has 0 bridgehead atoms. The number of rotatable bonds is 2. The van der Waals surface area contributed by atoms with Gasteiger partial charge in [-0.15, -0.1) is 0 Å². The van der Waals surface area contributed by atoms with E-state index in [1.807, 2.05) is 0 Å². The summed E-state index contributed by atoms with van der Waals surface area (Å²) >= 11 is 0. The number of aliphatic carboxylic acids is 1. The summed E-state index contributed by atoms with van der Waals surface area (Å²) in [6, 6.07) is -1.02. The van der Waals surface area contributed by atoms with Crippen LogP contribution in [-0.4, -0.2) is 23.0 Å². The molecule has 60 valence electrons. The van der Waals surface area contributed by atoms with Crippen molar-refractivity contribution in [2.24, 2.45) is 5.73 Å². The highest BCUT2D eigenvalue weighted by Gasteiger charge is 1.98. The van der Waals surface area contributed by atoms with Crippen molar-refractivity contribution in [1.82, 2.24) is 5.32 Å². The molecule has 6 heteroatoms. The number of hydrogen-bond acceptors (Lipinski definition) is 3. The quantitative estimate of drug-likeness (QED) is 0.439. The fraction of sp³-hybridized carbons (Fsp3) is 0. The molecule has 0 heterocycles. The van der Waals surface area contributed by atoms with Gasteiger partial charge in [0.15, 0.2) is 0 Å². The summed E-state index contributed by atoms with van der Waals surface area (Å²) in [5.74, 6) is -2.13. The Bertz CT molecular complexity index is 221. The van der Waals surface area contributed by atoms with Gasteiger partial charge in [0.05, 0.1) is 0 Å². The molecule has 3 amide bonds. The molecular weight excluding hydrogens is 152 g/mol. The zero-order chi connectivity index (χ0) is 8.85. The highest BCUT2D eigenvalue weighted by atomic mass is 16.4. The Morgan fingerprint density at radius 3 is 2.18 bits per heavy atom. The van der Waals surface area contributed by atoms with E-state index in [9.17, 15) is 14.4 Å². The van der Waals surface area contributed by atoms with E-state index < -0.39 is 17.9 Å². The first-order valence-electron chi connectivity index (χ1n) is 2.54. The Morgan fingerprint density at radius 2 is 1.82 bits per heavy atom. The number of primary amides is 1. The third kappa shape index (κ3) is 6.03. The highest BCUT2D eigenvalue weighted by molar-refractivity contribution is 6.02. The summed E-state index contributed by atoms with van der Waals surface area (Å²) in [6.07, 6.45) is 1.28. The maximum absolute atomic E-state index is 10.4. The van der Waals surface area contributed by atoms with E-state index in [1.54, 1.807) is 5.32 Å². The molecule has 11 heavy (non-hydrogen) atoms. The predicted molar refractivity (Wildman–Crippen MR) is 34.5 cm³/mol. The van der Waals surface area contributed by atoms with Crippen molar-refractivity contribution >= 4 is 17.9 Å². The van der Waals surface area contributed by atoms with Gasteiger partial charge in [-0.05, 0) is 0 Å². The van der Waals surface area contributed by atoms with Gasteiger partial charge in [0.2, 0.25) is 0 Å². The van der Waals surface area contributed by atoms with E-state index in [1.165, 1.54) is 0 Å². The Hall–Kier alpha value is -1.85. The summed E-state index contributed by atoms with van der Waals surface area (Å²) in [7, 11) is 0. The smallest absolute Gasteiger partial charge is 0.328 e. The zero-order valence-corrected chi connectivity index (χ0v) is 5.40. The molecule has 0 rings (SSSR count). The number of carbonyl (C=O) groups excluding carboxylic acids is 2. The molecule has 0 radical (unpaired) electrons. The van der Waals surface area contributed by atoms with Gasteiger partial charge in [-0.1, -0.05) is 0 Å². The van der Waals surface area contributed by atoms with Crippen molar-refractivity contribution < 1.29 is 19.5 Å². The molecular formula is C5H6N2O4. The molecule has 0 aliphatic heterocycles. The summed E-state index contributed by atoms with van der Waals surface area (Å²) in [5, 5.41) is 9.66. The largest absolute Gasteiger partial charge is 0.478 e. The van der Waals surface area contributed by atoms with Crippen molar-refractivity contribution in [2.75, 3.05) is 0 Å². The molecule has 0 aromatic rings. The van der Waals surface area contributed by atoms with Crippen molar-refractivity contribution in [3.63, 3.8) is 0 Å². The maximum atomic E-state index is 10.4. The molecule has 0 atom stereocenters. The van der Waals surface area contributed by atoms with Gasteiger partial charge < -0.3 is 10.8 Å². The van der Waals surface area contributed by atoms with E-state index in [0.29, 0.717) is 12.2 Å². The predicted octanol–water partition coefficient (Wildman–Crippen LogP) is -1.18. The molecule has 0 aliphatic carbocycles. The van der Waals surface area contributed by atoms with E-state index in [2.05, 4.69) is 5.73 Å². The molecule has 0 unspecified atom stereocenters. The second-order valence-corrected chi connectivity index (χ2v) is 1.53. The zero-order valence-electron chi connectivity index (χ0n) is 5.40. The molecule has 0 spiro atoms. The topological polar surface area (TPSA) is 109 Å². The fourth-order valence-electron chi connectivity index (χ4n) is 0.310. The number of carboxylic acid groups (broad SMARTS) is 1. The third-order valence-corrected chi connectivity index (χ3v) is 0.624. The summed E-state index contributed by atoms with van der Waals surface area (Å²) in [5.41, 5.74) is 4.55. The highest BCUT2D eigenvalue weighted by Crippen LogP contribution is 1.72. The van der Waals surface area contributed by atoms with Gasteiger partial charge in [-0.3, -0.25) is 10.1 Å². The van der Waals surface area contributed by atoms with Crippen LogP contribution < -0.4 is 11.1 Å². The summed E-state index contributed by atoms with van der Waals surface area (Å²) < 4.78 is 0. The van der Waals surface area contributed by atoms with Gasteiger partial charge in [0.25, 0.3) is 5.91 Å². The van der Waals surface area contributed by atoms with Crippen LogP contribution in [0.1, 0.15) is 0 Å². The lowest BCUT2D eigenvalue weighted by molar-refractivity contribution is -0.131. The van der Waals surface area contributed by atoms with Crippen LogP contribution in [-0.2, 0) is 9.59 Å². The van der Waals surface area contributed by atoms with E-state index in [-0.39, 0.29) is 0 Å². The van der Waals surface area contributed by atoms with Gasteiger partial charge in [-0.2, -0.15) is 0 Å². The molecule has 0 aromatic carbocycles. The lowest BCUT2D eigenvalue weighted by atomic mass is 10.5. The van der Waals surface area contributed by atoms with Crippen LogP contribution in [0.4, 0.5) is 4.79 Å². The van der Waals surface area contributed by atoms with E-state index in [0.717, 1.165) is 0 Å². The van der Waals surface area contributed by atoms with Crippen molar-refractivity contribution in [1.29, 1.82) is 0 Å².